The second-order valence-corrected chi connectivity index (χ2v) is 8.15. The van der Waals surface area contributed by atoms with Gasteiger partial charge in [0.2, 0.25) is 10.4 Å². The molecular formula is C9HF11O4S2. The fraction of sp³-hybridized carbons (Fsp3) is 0.333. The highest BCUT2D eigenvalue weighted by Gasteiger charge is 2.65. The third-order valence-corrected chi connectivity index (χ3v) is 6.43. The van der Waals surface area contributed by atoms with Crippen LogP contribution in [0.5, 0.6) is 0 Å². The first kappa shape index (κ1) is 20.7. The minimum Gasteiger partial charge on any atom is -0.218 e. The first-order valence-corrected chi connectivity index (χ1v) is 8.28. The van der Waals surface area contributed by atoms with E-state index in [0.717, 1.165) is 0 Å². The lowest BCUT2D eigenvalue weighted by molar-refractivity contribution is -0.0473. The predicted molar refractivity (Wildman–Crippen MR) is 58.9 cm³/mol. The molecule has 0 heterocycles. The molecule has 0 amide bonds. The van der Waals surface area contributed by atoms with Crippen molar-refractivity contribution >= 4 is 19.7 Å². The molecule has 0 aliphatic heterocycles. The highest BCUT2D eigenvalue weighted by Crippen LogP contribution is 2.47. The number of rotatable bonds is 3. The summed E-state index contributed by atoms with van der Waals surface area (Å²) in [5, 5.41) is 0. The molecule has 0 N–H and O–H groups in total. The zero-order valence-electron chi connectivity index (χ0n) is 12.1. The Morgan fingerprint density at radius 1 is 0.615 bits per heavy atom. The van der Waals surface area contributed by atoms with Gasteiger partial charge in [-0.3, -0.25) is 0 Å². The third-order valence-electron chi connectivity index (χ3n) is 2.51. The molecule has 4 nitrogen and oxygen atoms in total. The third kappa shape index (κ3) is 3.21. The van der Waals surface area contributed by atoms with Crippen molar-refractivity contribution in [3.63, 3.8) is 0 Å². The molecule has 0 aliphatic rings. The average molecular weight is 447 g/mol. The Morgan fingerprint density at radius 2 is 0.846 bits per heavy atom. The maximum Gasteiger partial charge on any atom is 0.499 e. The maximum atomic E-state index is 13.6. The van der Waals surface area contributed by atoms with Crippen LogP contribution in [0, 0.1) is 29.1 Å². The Bertz CT molecular complexity index is 921. The first-order valence-electron chi connectivity index (χ1n) is 5.81. The van der Waals surface area contributed by atoms with Gasteiger partial charge in [-0.15, -0.1) is 0 Å². The Morgan fingerprint density at radius 3 is 1.08 bits per heavy atom. The van der Waals surface area contributed by atoms with Crippen LogP contribution < -0.4 is 0 Å². The molecule has 0 fully saturated rings. The molecule has 1 aromatic carbocycles. The molecule has 0 atom stereocenters. The largest absolute Gasteiger partial charge is 0.499 e. The lowest BCUT2D eigenvalue weighted by Crippen LogP contribution is -2.40. The molecule has 0 unspecified atom stereocenters. The second kappa shape index (κ2) is 6.21. The van der Waals surface area contributed by atoms with E-state index in [1.165, 1.54) is 0 Å². The Labute approximate surface area is 137 Å². The van der Waals surface area contributed by atoms with E-state index in [0.29, 0.717) is 0 Å². The molecule has 17 heteroatoms. The molecule has 0 bridgehead atoms. The molecular weight excluding hydrogens is 445 g/mol. The monoisotopic (exact) mass is 447 g/mol. The van der Waals surface area contributed by atoms with Crippen molar-refractivity contribution < 1.29 is 66.5 Å². The van der Waals surface area contributed by atoms with E-state index in [2.05, 4.69) is 0 Å². The molecule has 0 aliphatic carbocycles. The number of benzene rings is 1. The number of hydrogen-bond acceptors (Lipinski definition) is 4. The smallest absolute Gasteiger partial charge is 0.218 e. The van der Waals surface area contributed by atoms with Crippen LogP contribution in [0.25, 0.3) is 0 Å². The summed E-state index contributed by atoms with van der Waals surface area (Å²) in [6.07, 6.45) is 0. The van der Waals surface area contributed by atoms with Gasteiger partial charge in [0.25, 0.3) is 19.7 Å². The van der Waals surface area contributed by atoms with Crippen LogP contribution in [-0.2, 0) is 19.7 Å². The quantitative estimate of drug-likeness (QED) is 0.406. The van der Waals surface area contributed by atoms with Crippen molar-refractivity contribution in [2.75, 3.05) is 0 Å². The van der Waals surface area contributed by atoms with Gasteiger partial charge < -0.3 is 0 Å². The molecule has 26 heavy (non-hydrogen) atoms. The molecule has 0 saturated carbocycles. The minimum atomic E-state index is -8.10. The van der Waals surface area contributed by atoms with E-state index in [-0.39, 0.29) is 0 Å². The molecule has 0 spiro atoms. The van der Waals surface area contributed by atoms with Crippen LogP contribution in [0.1, 0.15) is 11.5 Å². The molecule has 0 radical (unpaired) electrons. The van der Waals surface area contributed by atoms with Gasteiger partial charge in [-0.25, -0.2) is 38.8 Å². The summed E-state index contributed by atoms with van der Waals surface area (Å²) >= 11 is 0. The van der Waals surface area contributed by atoms with Crippen LogP contribution in [-0.4, -0.2) is 27.9 Å². The van der Waals surface area contributed by atoms with E-state index >= 15 is 0 Å². The molecule has 0 aromatic heterocycles. The Balaban J connectivity index is 4.40. The van der Waals surface area contributed by atoms with Crippen LogP contribution in [0.3, 0.4) is 0 Å². The topological polar surface area (TPSA) is 68.3 Å². The highest BCUT2D eigenvalue weighted by atomic mass is 32.3. The maximum absolute atomic E-state index is 13.6. The van der Waals surface area contributed by atoms with Gasteiger partial charge in [-0.05, 0) is 0 Å². The van der Waals surface area contributed by atoms with E-state index in [1.807, 2.05) is 0 Å². The predicted octanol–water partition coefficient (Wildman–Crippen LogP) is 3.25. The van der Waals surface area contributed by atoms with Crippen LogP contribution in [0.15, 0.2) is 0 Å². The van der Waals surface area contributed by atoms with Crippen molar-refractivity contribution in [1.29, 1.82) is 0 Å². The van der Waals surface area contributed by atoms with E-state index in [1.54, 1.807) is 0 Å². The Hall–Kier alpha value is -1.65. The lowest BCUT2D eigenvalue weighted by atomic mass is 10.2. The normalized spacial score (nSPS) is 15.1. The average Bonchev–Trinajstić information content (AvgIpc) is 2.48. The SMILES string of the molecule is [2H]C(c1c(F)c(F)c(F)c(F)c1F)(S(=O)(=O)C(F)(F)F)S(=O)(=O)C(F)(F)F. The number of sulfone groups is 2. The van der Waals surface area contributed by atoms with Crippen molar-refractivity contribution in [3.05, 3.63) is 34.6 Å². The number of hydrogen-bond donors (Lipinski definition) is 0. The van der Waals surface area contributed by atoms with Gasteiger partial charge in [-0.1, -0.05) is 0 Å². The summed E-state index contributed by atoms with van der Waals surface area (Å²) in [5.41, 5.74) is -17.9. The van der Waals surface area contributed by atoms with E-state index in [9.17, 15) is 65.1 Å². The zero-order valence-corrected chi connectivity index (χ0v) is 12.7. The van der Waals surface area contributed by atoms with Crippen molar-refractivity contribution in [2.24, 2.45) is 0 Å². The fourth-order valence-electron chi connectivity index (χ4n) is 1.41. The minimum absolute atomic E-state index is 3.16. The van der Waals surface area contributed by atoms with Gasteiger partial charge in [0.05, 0.1) is 6.93 Å². The Kier molecular flexibility index (Phi) is 4.93. The van der Waals surface area contributed by atoms with Crippen molar-refractivity contribution in [2.45, 2.75) is 15.6 Å². The first-order chi connectivity index (χ1) is 11.7. The zero-order chi connectivity index (χ0) is 22.0. The van der Waals surface area contributed by atoms with Gasteiger partial charge in [0.15, 0.2) is 23.3 Å². The summed E-state index contributed by atoms with van der Waals surface area (Å²) < 4.78 is 188. The lowest BCUT2D eigenvalue weighted by Gasteiger charge is -2.22. The van der Waals surface area contributed by atoms with Crippen LogP contribution in [0.4, 0.5) is 48.3 Å². The summed E-state index contributed by atoms with van der Waals surface area (Å²) in [4.78, 5) is 0. The summed E-state index contributed by atoms with van der Waals surface area (Å²) in [5.74, 6) is -17.1. The molecule has 150 valence electrons. The standard InChI is InChI=1S/C9HF11O4S2/c10-2-1(3(11)5(13)6(14)4(2)12)7(25(21,22)8(15,16)17)26(23,24)9(18,19)20/h7H/i7D. The van der Waals surface area contributed by atoms with Crippen molar-refractivity contribution in [1.82, 2.24) is 0 Å². The van der Waals surface area contributed by atoms with Crippen LogP contribution >= 0.6 is 0 Å². The molecule has 0 saturated heterocycles. The summed E-state index contributed by atoms with van der Waals surface area (Å²) in [7, 11) is -16.2. The van der Waals surface area contributed by atoms with Gasteiger partial charge in [0.1, 0.15) is 0 Å². The number of alkyl halides is 6. The van der Waals surface area contributed by atoms with E-state index < -0.39 is 69.9 Å². The van der Waals surface area contributed by atoms with E-state index in [4.69, 9.17) is 1.37 Å². The summed E-state index contributed by atoms with van der Waals surface area (Å²) in [6, 6.07) is 0. The van der Waals surface area contributed by atoms with Gasteiger partial charge >= 0.3 is 11.0 Å². The second-order valence-electron chi connectivity index (χ2n) is 4.13. The van der Waals surface area contributed by atoms with Crippen molar-refractivity contribution in [3.8, 4) is 0 Å². The van der Waals surface area contributed by atoms with Gasteiger partial charge in [0, 0.05) is 0 Å². The van der Waals surface area contributed by atoms with Gasteiger partial charge in [-0.2, -0.15) is 26.3 Å². The summed E-state index contributed by atoms with van der Waals surface area (Å²) in [6.45, 7) is 0. The molecule has 1 aromatic rings. The van der Waals surface area contributed by atoms with Crippen LogP contribution in [0.2, 0.25) is 0 Å². The number of halogens is 11. The fourth-order valence-corrected chi connectivity index (χ4v) is 4.45. The highest BCUT2D eigenvalue weighted by molar-refractivity contribution is 8.09. The molecule has 1 rings (SSSR count).